The summed E-state index contributed by atoms with van der Waals surface area (Å²) < 4.78 is 2.32. The second-order valence-corrected chi connectivity index (χ2v) is 6.24. The zero-order valence-electron chi connectivity index (χ0n) is 13.3. The number of imidazole rings is 1. The minimum atomic E-state index is 0.761. The number of rotatable bonds is 5. The van der Waals surface area contributed by atoms with Gasteiger partial charge in [-0.2, -0.15) is 0 Å². The van der Waals surface area contributed by atoms with Crippen molar-refractivity contribution >= 4 is 23.2 Å². The first-order valence-corrected chi connectivity index (χ1v) is 8.01. The van der Waals surface area contributed by atoms with Gasteiger partial charge in [0, 0.05) is 17.6 Å². The number of H-pyrrole nitrogens is 1. The lowest BCUT2D eigenvalue weighted by Crippen LogP contribution is -2.04. The van der Waals surface area contributed by atoms with E-state index in [0.29, 0.717) is 0 Å². The third kappa shape index (κ3) is 2.40. The number of nitrogens with one attached hydrogen (secondary N) is 1. The maximum Gasteiger partial charge on any atom is 0.141 e. The van der Waals surface area contributed by atoms with Crippen LogP contribution in [-0.4, -0.2) is 19.5 Å². The summed E-state index contributed by atoms with van der Waals surface area (Å²) in [6.45, 7) is 10.7. The Morgan fingerprint density at radius 2 is 2.09 bits per heavy atom. The number of aromatic nitrogens is 4. The summed E-state index contributed by atoms with van der Waals surface area (Å²) in [6, 6.07) is 6.31. The topological polar surface area (TPSA) is 46.5 Å². The number of pyridine rings is 1. The van der Waals surface area contributed by atoms with Crippen molar-refractivity contribution in [3.63, 3.8) is 0 Å². The van der Waals surface area contributed by atoms with Gasteiger partial charge >= 0.3 is 0 Å². The number of fused-ring (bicyclic) bond motifs is 1. The van der Waals surface area contributed by atoms with Crippen LogP contribution in [0.15, 0.2) is 31.4 Å². The molecule has 0 atom stereocenters. The molecule has 116 valence electrons. The lowest BCUT2D eigenvalue weighted by atomic mass is 10.2. The Bertz CT molecular complexity index is 909. The van der Waals surface area contributed by atoms with Gasteiger partial charge in [-0.25, -0.2) is 9.97 Å². The highest BCUT2D eigenvalue weighted by atomic mass is 15.1. The van der Waals surface area contributed by atoms with Crippen LogP contribution in [0.5, 0.6) is 0 Å². The van der Waals surface area contributed by atoms with Crippen molar-refractivity contribution < 1.29 is 0 Å². The van der Waals surface area contributed by atoms with E-state index in [9.17, 15) is 0 Å². The second kappa shape index (κ2) is 5.23. The summed E-state index contributed by atoms with van der Waals surface area (Å²) in [5.41, 5.74) is 5.10. The lowest BCUT2D eigenvalue weighted by Gasteiger charge is -2.09. The molecule has 1 N–H and O–H groups in total. The molecular formula is C19H20N4. The van der Waals surface area contributed by atoms with E-state index in [4.69, 9.17) is 4.98 Å². The van der Waals surface area contributed by atoms with E-state index in [0.717, 1.165) is 52.1 Å². The number of aryl methyl sites for hydroxylation is 1. The fourth-order valence-electron chi connectivity index (χ4n) is 3.02. The van der Waals surface area contributed by atoms with Crippen LogP contribution < -0.4 is 0 Å². The van der Waals surface area contributed by atoms with E-state index in [-0.39, 0.29) is 0 Å². The maximum atomic E-state index is 4.76. The molecule has 0 bridgehead atoms. The summed E-state index contributed by atoms with van der Waals surface area (Å²) in [4.78, 5) is 12.7. The molecular weight excluding hydrogens is 284 g/mol. The van der Waals surface area contributed by atoms with Gasteiger partial charge in [0.2, 0.25) is 0 Å². The minimum Gasteiger partial charge on any atom is -0.342 e. The van der Waals surface area contributed by atoms with Crippen LogP contribution in [0.25, 0.3) is 34.6 Å². The quantitative estimate of drug-likeness (QED) is 0.758. The smallest absolute Gasteiger partial charge is 0.141 e. The van der Waals surface area contributed by atoms with Crippen LogP contribution in [0.1, 0.15) is 30.1 Å². The highest BCUT2D eigenvalue weighted by Gasteiger charge is 2.25. The summed E-state index contributed by atoms with van der Waals surface area (Å²) >= 11 is 0. The first-order valence-electron chi connectivity index (χ1n) is 8.01. The fraction of sp³-hybridized carbons (Fsp3) is 0.263. The minimum absolute atomic E-state index is 0.761. The van der Waals surface area contributed by atoms with Gasteiger partial charge in [-0.3, -0.25) is 0 Å². The van der Waals surface area contributed by atoms with E-state index in [1.54, 1.807) is 12.2 Å². The predicted molar refractivity (Wildman–Crippen MR) is 95.0 cm³/mol. The number of aromatic amines is 1. The molecule has 3 aromatic heterocycles. The van der Waals surface area contributed by atoms with E-state index in [1.807, 2.05) is 6.07 Å². The van der Waals surface area contributed by atoms with Gasteiger partial charge in [0.05, 0.1) is 11.4 Å². The average molecular weight is 304 g/mol. The Balaban J connectivity index is 1.94. The van der Waals surface area contributed by atoms with Crippen LogP contribution in [0.3, 0.4) is 0 Å². The van der Waals surface area contributed by atoms with E-state index in [2.05, 4.69) is 46.7 Å². The molecule has 1 aliphatic carbocycles. The average Bonchev–Trinajstić information content (AvgIpc) is 3.21. The molecule has 0 radical (unpaired) electrons. The summed E-state index contributed by atoms with van der Waals surface area (Å²) in [7, 11) is 0. The van der Waals surface area contributed by atoms with Crippen molar-refractivity contribution in [2.24, 2.45) is 5.92 Å². The Morgan fingerprint density at radius 3 is 2.74 bits per heavy atom. The molecule has 23 heavy (non-hydrogen) atoms. The number of hydrogen-bond donors (Lipinski definition) is 1. The Labute approximate surface area is 135 Å². The molecule has 4 heteroatoms. The van der Waals surface area contributed by atoms with Crippen molar-refractivity contribution in [3.05, 3.63) is 48.6 Å². The zero-order valence-corrected chi connectivity index (χ0v) is 13.3. The third-order valence-corrected chi connectivity index (χ3v) is 4.45. The standard InChI is InChI=1S/C19H20N4/c1-4-15-9-8-14-10-16(18-12(3)20-17(5-2)22-18)23(19(14)21-15)11-13-6-7-13/h4-5,8-10,13H,1-2,6-7,11H2,3H3,(H,20,22). The van der Waals surface area contributed by atoms with Crippen LogP contribution in [0, 0.1) is 12.8 Å². The monoisotopic (exact) mass is 304 g/mol. The molecule has 3 heterocycles. The largest absolute Gasteiger partial charge is 0.342 e. The van der Waals surface area contributed by atoms with Crippen molar-refractivity contribution in [2.75, 3.05) is 0 Å². The van der Waals surface area contributed by atoms with Gasteiger partial charge in [-0.15, -0.1) is 0 Å². The van der Waals surface area contributed by atoms with Crippen LogP contribution in [-0.2, 0) is 6.54 Å². The molecule has 3 aromatic rings. The fourth-order valence-corrected chi connectivity index (χ4v) is 3.02. The molecule has 1 saturated carbocycles. The van der Waals surface area contributed by atoms with Gasteiger partial charge < -0.3 is 9.55 Å². The van der Waals surface area contributed by atoms with E-state index >= 15 is 0 Å². The molecule has 0 amide bonds. The van der Waals surface area contributed by atoms with Gasteiger partial charge in [0.25, 0.3) is 0 Å². The molecule has 0 aromatic carbocycles. The molecule has 0 unspecified atom stereocenters. The van der Waals surface area contributed by atoms with E-state index in [1.165, 1.54) is 12.8 Å². The first kappa shape index (κ1) is 14.0. The predicted octanol–water partition coefficient (Wildman–Crippen LogP) is 4.43. The Kier molecular flexibility index (Phi) is 3.18. The van der Waals surface area contributed by atoms with Crippen molar-refractivity contribution in [1.29, 1.82) is 0 Å². The summed E-state index contributed by atoms with van der Waals surface area (Å²) in [5.74, 6) is 1.57. The number of nitrogens with zero attached hydrogens (tertiary/aromatic N) is 3. The summed E-state index contributed by atoms with van der Waals surface area (Å²) in [5, 5.41) is 1.15. The normalized spacial score (nSPS) is 14.3. The summed E-state index contributed by atoms with van der Waals surface area (Å²) in [6.07, 6.45) is 6.15. The Morgan fingerprint density at radius 1 is 1.26 bits per heavy atom. The highest BCUT2D eigenvalue weighted by molar-refractivity contribution is 5.85. The van der Waals surface area contributed by atoms with Crippen molar-refractivity contribution in [2.45, 2.75) is 26.3 Å². The van der Waals surface area contributed by atoms with Gasteiger partial charge in [-0.05, 0) is 56.0 Å². The maximum absolute atomic E-state index is 4.76. The molecule has 0 aliphatic heterocycles. The molecule has 4 nitrogen and oxygen atoms in total. The lowest BCUT2D eigenvalue weighted by molar-refractivity contribution is 0.647. The molecule has 4 rings (SSSR count). The van der Waals surface area contributed by atoms with E-state index < -0.39 is 0 Å². The van der Waals surface area contributed by atoms with Crippen LogP contribution in [0.2, 0.25) is 0 Å². The highest BCUT2D eigenvalue weighted by Crippen LogP contribution is 2.35. The van der Waals surface area contributed by atoms with Gasteiger partial charge in [0.15, 0.2) is 0 Å². The second-order valence-electron chi connectivity index (χ2n) is 6.24. The Hall–Kier alpha value is -2.62. The molecule has 0 saturated heterocycles. The number of hydrogen-bond acceptors (Lipinski definition) is 2. The van der Waals surface area contributed by atoms with Crippen LogP contribution in [0.4, 0.5) is 0 Å². The zero-order chi connectivity index (χ0) is 16.0. The van der Waals surface area contributed by atoms with Gasteiger partial charge in [0.1, 0.15) is 17.2 Å². The van der Waals surface area contributed by atoms with Crippen LogP contribution >= 0.6 is 0 Å². The first-order chi connectivity index (χ1) is 11.2. The molecule has 1 aliphatic rings. The molecule has 0 spiro atoms. The third-order valence-electron chi connectivity index (χ3n) is 4.45. The molecule has 1 fully saturated rings. The SMILES string of the molecule is C=Cc1ccc2cc(-c3nc(C=C)[nH]c3C)n(CC3CC3)c2n1. The van der Waals surface area contributed by atoms with Crippen molar-refractivity contribution in [1.82, 2.24) is 19.5 Å². The van der Waals surface area contributed by atoms with Gasteiger partial charge in [-0.1, -0.05) is 13.2 Å². The van der Waals surface area contributed by atoms with Crippen molar-refractivity contribution in [3.8, 4) is 11.4 Å².